The topological polar surface area (TPSA) is 110 Å². The molecule has 0 saturated carbocycles. The molecule has 1 rings (SSSR count). The summed E-state index contributed by atoms with van der Waals surface area (Å²) < 4.78 is 24.8. The summed E-state index contributed by atoms with van der Waals surface area (Å²) in [5, 5.41) is 19.7. The first-order chi connectivity index (χ1) is 7.31. The zero-order valence-electron chi connectivity index (χ0n) is 7.97. The lowest BCUT2D eigenvalue weighted by Crippen LogP contribution is -2.19. The highest BCUT2D eigenvalue weighted by Crippen LogP contribution is 2.37. The van der Waals surface area contributed by atoms with Gasteiger partial charge in [-0.2, -0.15) is 0 Å². The zero-order valence-corrected chi connectivity index (χ0v) is 9.54. The molecule has 1 aromatic carbocycles. The standard InChI is InChI=1S/C7H7ClN2O5S/c1-9-16(14,15)7-4(8)2-3-5(6(7)11)10(12)13/h2-3,9,11H,1H3. The van der Waals surface area contributed by atoms with E-state index in [-0.39, 0.29) is 5.02 Å². The Morgan fingerprint density at radius 3 is 2.50 bits per heavy atom. The molecule has 88 valence electrons. The van der Waals surface area contributed by atoms with Crippen LogP contribution in [0.25, 0.3) is 0 Å². The largest absolute Gasteiger partial charge is 0.501 e. The molecule has 0 aromatic heterocycles. The number of hydrogen-bond donors (Lipinski definition) is 2. The third kappa shape index (κ3) is 2.08. The van der Waals surface area contributed by atoms with Crippen LogP contribution in [0.2, 0.25) is 5.02 Å². The Morgan fingerprint density at radius 1 is 1.50 bits per heavy atom. The molecule has 7 nitrogen and oxygen atoms in total. The Balaban J connectivity index is 3.63. The van der Waals surface area contributed by atoms with Gasteiger partial charge in [0.15, 0.2) is 0 Å². The van der Waals surface area contributed by atoms with E-state index in [0.717, 1.165) is 19.2 Å². The van der Waals surface area contributed by atoms with Gasteiger partial charge in [-0.1, -0.05) is 11.6 Å². The van der Waals surface area contributed by atoms with Gasteiger partial charge in [0, 0.05) is 6.07 Å². The van der Waals surface area contributed by atoms with Gasteiger partial charge in [-0.15, -0.1) is 0 Å². The van der Waals surface area contributed by atoms with E-state index in [1.807, 2.05) is 4.72 Å². The van der Waals surface area contributed by atoms with E-state index in [1.54, 1.807) is 0 Å². The van der Waals surface area contributed by atoms with Gasteiger partial charge >= 0.3 is 5.69 Å². The van der Waals surface area contributed by atoms with E-state index in [4.69, 9.17) is 11.6 Å². The molecule has 9 heteroatoms. The fourth-order valence-corrected chi connectivity index (χ4v) is 2.39. The van der Waals surface area contributed by atoms with Crippen molar-refractivity contribution in [2.24, 2.45) is 0 Å². The number of phenols is 1. The van der Waals surface area contributed by atoms with Gasteiger partial charge in [0.05, 0.1) is 9.95 Å². The molecular formula is C7H7ClN2O5S. The van der Waals surface area contributed by atoms with Crippen LogP contribution in [-0.2, 0) is 10.0 Å². The molecule has 0 unspecified atom stereocenters. The molecule has 16 heavy (non-hydrogen) atoms. The van der Waals surface area contributed by atoms with Crippen molar-refractivity contribution in [2.45, 2.75) is 4.90 Å². The fraction of sp³-hybridized carbons (Fsp3) is 0.143. The Morgan fingerprint density at radius 2 is 2.06 bits per heavy atom. The average Bonchev–Trinajstić information content (AvgIpc) is 2.16. The molecule has 0 heterocycles. The van der Waals surface area contributed by atoms with Crippen LogP contribution in [0.1, 0.15) is 0 Å². The molecule has 0 atom stereocenters. The first-order valence-electron chi connectivity index (χ1n) is 3.90. The van der Waals surface area contributed by atoms with Crippen molar-refractivity contribution in [1.29, 1.82) is 0 Å². The number of nitro benzene ring substituents is 1. The van der Waals surface area contributed by atoms with Crippen molar-refractivity contribution >= 4 is 27.3 Å². The molecule has 0 saturated heterocycles. The maximum absolute atomic E-state index is 11.4. The molecule has 0 spiro atoms. The molecule has 0 bridgehead atoms. The van der Waals surface area contributed by atoms with E-state index in [1.165, 1.54) is 0 Å². The number of halogens is 1. The van der Waals surface area contributed by atoms with Crippen molar-refractivity contribution in [3.63, 3.8) is 0 Å². The zero-order chi connectivity index (χ0) is 12.5. The van der Waals surface area contributed by atoms with Crippen LogP contribution in [0.5, 0.6) is 5.75 Å². The lowest BCUT2D eigenvalue weighted by molar-refractivity contribution is -0.386. The summed E-state index contributed by atoms with van der Waals surface area (Å²) in [5.74, 6) is -0.980. The molecular weight excluding hydrogens is 260 g/mol. The summed E-state index contributed by atoms with van der Waals surface area (Å²) >= 11 is 5.57. The van der Waals surface area contributed by atoms with Crippen molar-refractivity contribution in [3.8, 4) is 5.75 Å². The summed E-state index contributed by atoms with van der Waals surface area (Å²) in [6, 6.07) is 1.95. The molecule has 0 fully saturated rings. The maximum atomic E-state index is 11.4. The van der Waals surface area contributed by atoms with Gasteiger partial charge < -0.3 is 5.11 Å². The Labute approximate surface area is 95.9 Å². The molecule has 1 aromatic rings. The van der Waals surface area contributed by atoms with Gasteiger partial charge in [0.2, 0.25) is 15.8 Å². The summed E-state index contributed by atoms with van der Waals surface area (Å²) in [5.41, 5.74) is -0.724. The van der Waals surface area contributed by atoms with Gasteiger partial charge in [-0.3, -0.25) is 10.1 Å². The van der Waals surface area contributed by atoms with E-state index in [2.05, 4.69) is 0 Å². The van der Waals surface area contributed by atoms with Crippen molar-refractivity contribution in [1.82, 2.24) is 4.72 Å². The van der Waals surface area contributed by atoms with E-state index < -0.39 is 31.3 Å². The van der Waals surface area contributed by atoms with Crippen molar-refractivity contribution in [2.75, 3.05) is 7.05 Å². The highest BCUT2D eigenvalue weighted by molar-refractivity contribution is 7.89. The smallest absolute Gasteiger partial charge is 0.312 e. The monoisotopic (exact) mass is 266 g/mol. The third-order valence-corrected chi connectivity index (χ3v) is 3.71. The minimum absolute atomic E-state index is 0.294. The molecule has 0 amide bonds. The summed E-state index contributed by atoms with van der Waals surface area (Å²) in [6.45, 7) is 0. The van der Waals surface area contributed by atoms with Crippen LogP contribution in [0, 0.1) is 10.1 Å². The predicted molar refractivity (Wildman–Crippen MR) is 56.0 cm³/mol. The predicted octanol–water partition coefficient (Wildman–Crippen LogP) is 0.862. The van der Waals surface area contributed by atoms with Crippen LogP contribution in [0.3, 0.4) is 0 Å². The Bertz CT molecular complexity index is 542. The minimum Gasteiger partial charge on any atom is -0.501 e. The van der Waals surface area contributed by atoms with Gasteiger partial charge in [-0.05, 0) is 13.1 Å². The summed E-state index contributed by atoms with van der Waals surface area (Å²) in [6.07, 6.45) is 0. The third-order valence-electron chi connectivity index (χ3n) is 1.80. The molecule has 0 aliphatic carbocycles. The number of hydrogen-bond acceptors (Lipinski definition) is 5. The SMILES string of the molecule is CNS(=O)(=O)c1c(Cl)ccc([N+](=O)[O-])c1O. The Hall–Kier alpha value is -1.38. The van der Waals surface area contributed by atoms with Gasteiger partial charge in [0.25, 0.3) is 0 Å². The van der Waals surface area contributed by atoms with Crippen LogP contribution in [0.15, 0.2) is 17.0 Å². The summed E-state index contributed by atoms with van der Waals surface area (Å²) in [7, 11) is -2.95. The summed E-state index contributed by atoms with van der Waals surface area (Å²) in [4.78, 5) is 8.88. The molecule has 0 aliphatic rings. The lowest BCUT2D eigenvalue weighted by atomic mass is 10.3. The minimum atomic E-state index is -4.05. The number of phenolic OH excluding ortho intramolecular Hbond substituents is 1. The van der Waals surface area contributed by atoms with Crippen molar-refractivity contribution in [3.05, 3.63) is 27.3 Å². The maximum Gasteiger partial charge on any atom is 0.312 e. The second kappa shape index (κ2) is 4.24. The van der Waals surface area contributed by atoms with Crippen LogP contribution >= 0.6 is 11.6 Å². The van der Waals surface area contributed by atoms with Crippen molar-refractivity contribution < 1.29 is 18.4 Å². The number of nitro groups is 1. The second-order valence-corrected chi connectivity index (χ2v) is 4.94. The number of benzene rings is 1. The number of nitrogens with one attached hydrogen (secondary N) is 1. The quantitative estimate of drug-likeness (QED) is 0.623. The highest BCUT2D eigenvalue weighted by atomic mass is 35.5. The first kappa shape index (κ1) is 12.7. The average molecular weight is 267 g/mol. The van der Waals surface area contributed by atoms with E-state index in [0.29, 0.717) is 0 Å². The fourth-order valence-electron chi connectivity index (χ4n) is 1.04. The van der Waals surface area contributed by atoms with Gasteiger partial charge in [0.1, 0.15) is 4.90 Å². The number of aromatic hydroxyl groups is 1. The highest BCUT2D eigenvalue weighted by Gasteiger charge is 2.27. The number of sulfonamides is 1. The Kier molecular flexibility index (Phi) is 3.36. The lowest BCUT2D eigenvalue weighted by Gasteiger charge is -2.07. The first-order valence-corrected chi connectivity index (χ1v) is 5.76. The van der Waals surface area contributed by atoms with Crippen LogP contribution < -0.4 is 4.72 Å². The van der Waals surface area contributed by atoms with E-state index in [9.17, 15) is 23.6 Å². The van der Waals surface area contributed by atoms with Gasteiger partial charge in [-0.25, -0.2) is 13.1 Å². The normalized spacial score (nSPS) is 11.4. The second-order valence-electron chi connectivity index (χ2n) is 2.71. The van der Waals surface area contributed by atoms with E-state index >= 15 is 0 Å². The molecule has 0 aliphatic heterocycles. The van der Waals surface area contributed by atoms with Crippen LogP contribution in [0.4, 0.5) is 5.69 Å². The number of rotatable bonds is 3. The molecule has 0 radical (unpaired) electrons. The molecule has 2 N–H and O–H groups in total. The van der Waals surface area contributed by atoms with Crippen LogP contribution in [-0.4, -0.2) is 25.5 Å². The number of nitrogens with zero attached hydrogens (tertiary/aromatic N) is 1.